The first-order chi connectivity index (χ1) is 14.2. The number of amides is 2. The highest BCUT2D eigenvalue weighted by molar-refractivity contribution is 5.76. The molecule has 6 nitrogen and oxygen atoms in total. The fourth-order valence-electron chi connectivity index (χ4n) is 3.94. The number of fused-ring (bicyclic) bond motifs is 1. The molecule has 1 fully saturated rings. The van der Waals surface area contributed by atoms with E-state index in [9.17, 15) is 4.79 Å². The Hall–Kier alpha value is -3.02. The number of benzene rings is 2. The van der Waals surface area contributed by atoms with Crippen molar-refractivity contribution in [3.63, 3.8) is 0 Å². The molecule has 1 aliphatic heterocycles. The van der Waals surface area contributed by atoms with E-state index in [2.05, 4.69) is 28.1 Å². The molecule has 0 bridgehead atoms. The first kappa shape index (κ1) is 19.3. The summed E-state index contributed by atoms with van der Waals surface area (Å²) in [5.74, 6) is 2.32. The monoisotopic (exact) mass is 392 g/mol. The largest absolute Gasteiger partial charge is 0.486 e. The second-order valence-electron chi connectivity index (χ2n) is 7.49. The predicted molar refractivity (Wildman–Crippen MR) is 114 cm³/mol. The van der Waals surface area contributed by atoms with Crippen LogP contribution in [0.15, 0.2) is 54.6 Å². The van der Waals surface area contributed by atoms with Crippen LogP contribution in [0.25, 0.3) is 11.0 Å². The van der Waals surface area contributed by atoms with Crippen LogP contribution in [0.1, 0.15) is 25.6 Å². The summed E-state index contributed by atoms with van der Waals surface area (Å²) in [4.78, 5) is 18.8. The van der Waals surface area contributed by atoms with Gasteiger partial charge in [-0.2, -0.15) is 0 Å². The Morgan fingerprint density at radius 2 is 1.83 bits per heavy atom. The van der Waals surface area contributed by atoms with E-state index in [1.807, 2.05) is 48.2 Å². The van der Waals surface area contributed by atoms with Gasteiger partial charge in [0.05, 0.1) is 11.0 Å². The summed E-state index contributed by atoms with van der Waals surface area (Å²) in [5.41, 5.74) is 2.14. The van der Waals surface area contributed by atoms with Crippen LogP contribution in [0.4, 0.5) is 4.79 Å². The first-order valence-corrected chi connectivity index (χ1v) is 10.4. The van der Waals surface area contributed by atoms with Crippen molar-refractivity contribution >= 4 is 17.1 Å². The van der Waals surface area contributed by atoms with Crippen molar-refractivity contribution in [3.05, 3.63) is 60.4 Å². The number of ether oxygens (including phenoxy) is 1. The number of aromatic nitrogens is 2. The lowest BCUT2D eigenvalue weighted by atomic mass is 9.97. The molecule has 2 heterocycles. The molecule has 1 aliphatic rings. The van der Waals surface area contributed by atoms with E-state index in [-0.39, 0.29) is 6.03 Å². The minimum atomic E-state index is 0.0518. The van der Waals surface area contributed by atoms with Crippen LogP contribution in [0.2, 0.25) is 0 Å². The first-order valence-electron chi connectivity index (χ1n) is 10.4. The molecule has 0 spiro atoms. The van der Waals surface area contributed by atoms with E-state index in [0.29, 0.717) is 19.1 Å². The maximum atomic E-state index is 12.1. The Bertz CT molecular complexity index is 946. The molecule has 4 rings (SSSR count). The van der Waals surface area contributed by atoms with Crippen LogP contribution in [0.3, 0.4) is 0 Å². The molecule has 1 aromatic heterocycles. The molecule has 0 aliphatic carbocycles. The van der Waals surface area contributed by atoms with Crippen molar-refractivity contribution in [3.8, 4) is 5.75 Å². The van der Waals surface area contributed by atoms with E-state index < -0.39 is 0 Å². The van der Waals surface area contributed by atoms with E-state index in [1.54, 1.807) is 0 Å². The Morgan fingerprint density at radius 1 is 1.10 bits per heavy atom. The Labute approximate surface area is 171 Å². The van der Waals surface area contributed by atoms with Crippen molar-refractivity contribution in [1.82, 2.24) is 19.8 Å². The number of carbonyl (C=O) groups is 1. The summed E-state index contributed by atoms with van der Waals surface area (Å²) < 4.78 is 8.28. The average Bonchev–Trinajstić information content (AvgIpc) is 3.11. The fourth-order valence-corrected chi connectivity index (χ4v) is 3.94. The van der Waals surface area contributed by atoms with Gasteiger partial charge < -0.3 is 19.5 Å². The third-order valence-electron chi connectivity index (χ3n) is 5.52. The van der Waals surface area contributed by atoms with Gasteiger partial charge in [0, 0.05) is 26.2 Å². The zero-order chi connectivity index (χ0) is 20.1. The second-order valence-corrected chi connectivity index (χ2v) is 7.49. The Morgan fingerprint density at radius 3 is 2.59 bits per heavy atom. The molecular weight excluding hydrogens is 364 g/mol. The number of urea groups is 1. The number of likely N-dealkylation sites (tertiary alicyclic amines) is 1. The number of nitrogens with zero attached hydrogens (tertiary/aromatic N) is 3. The maximum absolute atomic E-state index is 12.1. The van der Waals surface area contributed by atoms with Gasteiger partial charge in [-0.05, 0) is 49.9 Å². The molecule has 0 unspecified atom stereocenters. The van der Waals surface area contributed by atoms with E-state index in [0.717, 1.165) is 55.1 Å². The Balaban J connectivity index is 1.47. The standard InChI is InChI=1S/C23H28N4O2/c1-2-24-23(28)26-14-12-18(13-15-26)16-27-21-11-7-6-10-20(21)25-22(27)17-29-19-8-4-3-5-9-19/h3-11,18H,2,12-17H2,1H3,(H,24,28). The minimum absolute atomic E-state index is 0.0518. The lowest BCUT2D eigenvalue weighted by molar-refractivity contribution is 0.165. The number of hydrogen-bond donors (Lipinski definition) is 1. The number of rotatable bonds is 6. The zero-order valence-electron chi connectivity index (χ0n) is 16.9. The van der Waals surface area contributed by atoms with E-state index in [4.69, 9.17) is 9.72 Å². The number of para-hydroxylation sites is 3. The molecule has 6 heteroatoms. The van der Waals surface area contributed by atoms with Crippen LogP contribution < -0.4 is 10.1 Å². The lowest BCUT2D eigenvalue weighted by Gasteiger charge is -2.32. The molecule has 152 valence electrons. The minimum Gasteiger partial charge on any atom is -0.486 e. The van der Waals surface area contributed by atoms with Gasteiger partial charge in [-0.1, -0.05) is 30.3 Å². The lowest BCUT2D eigenvalue weighted by Crippen LogP contribution is -2.44. The third-order valence-corrected chi connectivity index (χ3v) is 5.52. The highest BCUT2D eigenvalue weighted by Gasteiger charge is 2.24. The number of imidazole rings is 1. The van der Waals surface area contributed by atoms with Crippen LogP contribution in [0.5, 0.6) is 5.75 Å². The molecule has 2 aromatic carbocycles. The summed E-state index contributed by atoms with van der Waals surface area (Å²) in [5, 5.41) is 2.90. The van der Waals surface area contributed by atoms with Crippen molar-refractivity contribution in [2.75, 3.05) is 19.6 Å². The van der Waals surface area contributed by atoms with Gasteiger partial charge in [0.15, 0.2) is 0 Å². The average molecular weight is 393 g/mol. The van der Waals surface area contributed by atoms with Gasteiger partial charge in [0.1, 0.15) is 18.2 Å². The summed E-state index contributed by atoms with van der Waals surface area (Å²) >= 11 is 0. The van der Waals surface area contributed by atoms with Gasteiger partial charge in [-0.3, -0.25) is 0 Å². The summed E-state index contributed by atoms with van der Waals surface area (Å²) in [7, 11) is 0. The van der Waals surface area contributed by atoms with E-state index >= 15 is 0 Å². The van der Waals surface area contributed by atoms with Gasteiger partial charge in [0.2, 0.25) is 0 Å². The Kier molecular flexibility index (Phi) is 5.98. The van der Waals surface area contributed by atoms with Crippen LogP contribution in [-0.2, 0) is 13.2 Å². The van der Waals surface area contributed by atoms with E-state index in [1.165, 1.54) is 0 Å². The molecule has 2 amide bonds. The van der Waals surface area contributed by atoms with Crippen molar-refractivity contribution in [2.45, 2.75) is 32.9 Å². The number of nitrogens with one attached hydrogen (secondary N) is 1. The van der Waals surface area contributed by atoms with Crippen molar-refractivity contribution in [1.29, 1.82) is 0 Å². The van der Waals surface area contributed by atoms with Gasteiger partial charge in [-0.15, -0.1) is 0 Å². The quantitative estimate of drug-likeness (QED) is 0.688. The predicted octanol–water partition coefficient (Wildman–Crippen LogP) is 4.06. The van der Waals surface area contributed by atoms with Crippen molar-refractivity contribution in [2.24, 2.45) is 5.92 Å². The van der Waals surface area contributed by atoms with Gasteiger partial charge in [0.25, 0.3) is 0 Å². The highest BCUT2D eigenvalue weighted by atomic mass is 16.5. The smallest absolute Gasteiger partial charge is 0.317 e. The van der Waals surface area contributed by atoms with Crippen LogP contribution >= 0.6 is 0 Å². The molecule has 3 aromatic rings. The topological polar surface area (TPSA) is 59.4 Å². The third kappa shape index (κ3) is 4.53. The number of piperidine rings is 1. The number of carbonyl (C=O) groups excluding carboxylic acids is 1. The SMILES string of the molecule is CCNC(=O)N1CCC(Cn2c(COc3ccccc3)nc3ccccc32)CC1. The molecule has 0 radical (unpaired) electrons. The molecule has 29 heavy (non-hydrogen) atoms. The van der Waals surface area contributed by atoms with Crippen LogP contribution in [0, 0.1) is 5.92 Å². The summed E-state index contributed by atoms with van der Waals surface area (Å²) in [6.07, 6.45) is 2.01. The summed E-state index contributed by atoms with van der Waals surface area (Å²) in [6, 6.07) is 18.2. The maximum Gasteiger partial charge on any atom is 0.317 e. The fraction of sp³-hybridized carbons (Fsp3) is 0.391. The van der Waals surface area contributed by atoms with Gasteiger partial charge >= 0.3 is 6.03 Å². The molecule has 1 N–H and O–H groups in total. The zero-order valence-corrected chi connectivity index (χ0v) is 16.9. The molecule has 0 atom stereocenters. The highest BCUT2D eigenvalue weighted by Crippen LogP contribution is 2.24. The molecule has 1 saturated heterocycles. The normalized spacial score (nSPS) is 14.9. The number of hydrogen-bond acceptors (Lipinski definition) is 3. The molecular formula is C23H28N4O2. The van der Waals surface area contributed by atoms with Crippen LogP contribution in [-0.4, -0.2) is 40.1 Å². The van der Waals surface area contributed by atoms with Crippen molar-refractivity contribution < 1.29 is 9.53 Å². The summed E-state index contributed by atoms with van der Waals surface area (Å²) in [6.45, 7) is 5.57. The molecule has 0 saturated carbocycles. The second kappa shape index (κ2) is 8.99. The van der Waals surface area contributed by atoms with Gasteiger partial charge in [-0.25, -0.2) is 9.78 Å².